The Morgan fingerprint density at radius 1 is 1.35 bits per heavy atom. The van der Waals surface area contributed by atoms with Crippen molar-refractivity contribution >= 4 is 11.6 Å². The molecule has 0 radical (unpaired) electrons. The van der Waals surface area contributed by atoms with E-state index < -0.39 is 0 Å². The van der Waals surface area contributed by atoms with Gasteiger partial charge in [-0.05, 0) is 23.8 Å². The van der Waals surface area contributed by atoms with E-state index in [-0.39, 0.29) is 12.2 Å². The van der Waals surface area contributed by atoms with Crippen LogP contribution in [-0.2, 0) is 6.42 Å². The van der Waals surface area contributed by atoms with E-state index in [1.54, 1.807) is 18.2 Å². The second-order valence-corrected chi connectivity index (χ2v) is 3.91. The summed E-state index contributed by atoms with van der Waals surface area (Å²) in [5.41, 5.74) is 1.98. The van der Waals surface area contributed by atoms with E-state index in [1.807, 2.05) is 6.07 Å². The summed E-state index contributed by atoms with van der Waals surface area (Å²) in [5, 5.41) is 9.11. The second kappa shape index (κ2) is 4.94. The van der Waals surface area contributed by atoms with Crippen molar-refractivity contribution in [1.29, 1.82) is 5.26 Å². The van der Waals surface area contributed by atoms with Crippen LogP contribution < -0.4 is 0 Å². The Labute approximate surface area is 103 Å². The van der Waals surface area contributed by atoms with Crippen LogP contribution in [0.4, 0.5) is 4.39 Å². The Bertz CT molecular complexity index is 590. The molecule has 17 heavy (non-hydrogen) atoms. The van der Waals surface area contributed by atoms with E-state index >= 15 is 0 Å². The van der Waals surface area contributed by atoms with Gasteiger partial charge in [0.05, 0.1) is 23.2 Å². The molecule has 4 heteroatoms. The molecule has 1 heterocycles. The van der Waals surface area contributed by atoms with E-state index in [4.69, 9.17) is 16.9 Å². The van der Waals surface area contributed by atoms with E-state index in [1.165, 1.54) is 18.3 Å². The van der Waals surface area contributed by atoms with Gasteiger partial charge in [0.2, 0.25) is 0 Å². The van der Waals surface area contributed by atoms with Gasteiger partial charge in [-0.25, -0.2) is 4.39 Å². The summed E-state index contributed by atoms with van der Waals surface area (Å²) in [6, 6.07) is 9.88. The number of pyridine rings is 1. The van der Waals surface area contributed by atoms with Crippen molar-refractivity contribution in [3.63, 3.8) is 0 Å². The summed E-state index contributed by atoms with van der Waals surface area (Å²) < 4.78 is 13.1. The standard InChI is InChI=1S/C13H8ClFN2/c14-12-8-17-13(7-9(12)4-5-16)10-2-1-3-11(15)6-10/h1-3,6-8H,4H2. The molecule has 0 bridgehead atoms. The van der Waals surface area contributed by atoms with Crippen molar-refractivity contribution in [3.8, 4) is 17.3 Å². The fourth-order valence-electron chi connectivity index (χ4n) is 1.51. The largest absolute Gasteiger partial charge is 0.255 e. The minimum atomic E-state index is -0.318. The Morgan fingerprint density at radius 3 is 2.88 bits per heavy atom. The molecule has 0 spiro atoms. The van der Waals surface area contributed by atoms with Gasteiger partial charge in [-0.1, -0.05) is 23.7 Å². The van der Waals surface area contributed by atoms with E-state index in [9.17, 15) is 4.39 Å². The Hall–Kier alpha value is -1.92. The minimum Gasteiger partial charge on any atom is -0.255 e. The number of hydrogen-bond acceptors (Lipinski definition) is 2. The molecule has 0 fully saturated rings. The van der Waals surface area contributed by atoms with Crippen molar-refractivity contribution < 1.29 is 4.39 Å². The first kappa shape index (κ1) is 11.6. The lowest BCUT2D eigenvalue weighted by Gasteiger charge is -2.04. The molecule has 0 unspecified atom stereocenters. The van der Waals surface area contributed by atoms with Crippen LogP contribution in [0.1, 0.15) is 5.56 Å². The number of benzene rings is 1. The molecule has 1 aromatic carbocycles. The van der Waals surface area contributed by atoms with Crippen LogP contribution in [0, 0.1) is 17.1 Å². The molecule has 0 saturated carbocycles. The molecule has 0 aliphatic heterocycles. The van der Waals surface area contributed by atoms with Crippen molar-refractivity contribution in [1.82, 2.24) is 4.98 Å². The van der Waals surface area contributed by atoms with Gasteiger partial charge in [0.1, 0.15) is 5.82 Å². The summed E-state index contributed by atoms with van der Waals surface area (Å²) in [6.45, 7) is 0. The van der Waals surface area contributed by atoms with Crippen LogP contribution in [0.2, 0.25) is 5.02 Å². The third kappa shape index (κ3) is 2.61. The molecule has 1 aromatic heterocycles. The van der Waals surface area contributed by atoms with Crippen LogP contribution in [0.3, 0.4) is 0 Å². The Morgan fingerprint density at radius 2 is 2.18 bits per heavy atom. The molecule has 0 amide bonds. The van der Waals surface area contributed by atoms with Gasteiger partial charge in [-0.2, -0.15) is 5.26 Å². The lowest BCUT2D eigenvalue weighted by molar-refractivity contribution is 0.628. The predicted molar refractivity (Wildman–Crippen MR) is 64.0 cm³/mol. The number of nitrogens with zero attached hydrogens (tertiary/aromatic N) is 2. The number of hydrogen-bond donors (Lipinski definition) is 0. The van der Waals surface area contributed by atoms with E-state index in [0.717, 1.165) is 0 Å². The summed E-state index contributed by atoms with van der Waals surface area (Å²) in [4.78, 5) is 4.12. The second-order valence-electron chi connectivity index (χ2n) is 3.51. The number of aromatic nitrogens is 1. The zero-order chi connectivity index (χ0) is 12.3. The maximum absolute atomic E-state index is 13.1. The highest BCUT2D eigenvalue weighted by atomic mass is 35.5. The van der Waals surface area contributed by atoms with Crippen LogP contribution >= 0.6 is 11.6 Å². The molecule has 2 aromatic rings. The number of rotatable bonds is 2. The highest BCUT2D eigenvalue weighted by Crippen LogP contribution is 2.23. The number of nitriles is 1. The summed E-state index contributed by atoms with van der Waals surface area (Å²) in [6.07, 6.45) is 1.69. The van der Waals surface area contributed by atoms with Crippen molar-refractivity contribution in [2.24, 2.45) is 0 Å². The van der Waals surface area contributed by atoms with Gasteiger partial charge in [0.15, 0.2) is 0 Å². The van der Waals surface area contributed by atoms with Gasteiger partial charge in [-0.3, -0.25) is 4.98 Å². The first-order chi connectivity index (χ1) is 8.20. The fraction of sp³-hybridized carbons (Fsp3) is 0.0769. The van der Waals surface area contributed by atoms with Gasteiger partial charge in [0, 0.05) is 11.8 Å². The molecule has 2 rings (SSSR count). The smallest absolute Gasteiger partial charge is 0.123 e. The third-order valence-corrected chi connectivity index (χ3v) is 2.66. The number of halogens is 2. The topological polar surface area (TPSA) is 36.7 Å². The quantitative estimate of drug-likeness (QED) is 0.812. The van der Waals surface area contributed by atoms with Gasteiger partial charge in [0.25, 0.3) is 0 Å². The molecule has 0 aliphatic carbocycles. The third-order valence-electron chi connectivity index (χ3n) is 2.32. The van der Waals surface area contributed by atoms with Crippen LogP contribution in [0.5, 0.6) is 0 Å². The zero-order valence-electron chi connectivity index (χ0n) is 8.82. The summed E-state index contributed by atoms with van der Waals surface area (Å²) in [7, 11) is 0. The average Bonchev–Trinajstić information content (AvgIpc) is 2.32. The Balaban J connectivity index is 2.47. The molecule has 2 nitrogen and oxygen atoms in total. The maximum atomic E-state index is 13.1. The van der Waals surface area contributed by atoms with Crippen molar-refractivity contribution in [2.45, 2.75) is 6.42 Å². The van der Waals surface area contributed by atoms with Crippen LogP contribution in [0.15, 0.2) is 36.5 Å². The highest BCUT2D eigenvalue weighted by Gasteiger charge is 2.05. The fourth-order valence-corrected chi connectivity index (χ4v) is 1.68. The molecule has 0 N–H and O–H groups in total. The molecular weight excluding hydrogens is 239 g/mol. The van der Waals surface area contributed by atoms with Gasteiger partial charge < -0.3 is 0 Å². The monoisotopic (exact) mass is 246 g/mol. The Kier molecular flexibility index (Phi) is 3.36. The van der Waals surface area contributed by atoms with Crippen LogP contribution in [-0.4, -0.2) is 4.98 Å². The SMILES string of the molecule is N#CCc1cc(-c2cccc(F)c2)ncc1Cl. The lowest BCUT2D eigenvalue weighted by atomic mass is 10.1. The molecule has 0 saturated heterocycles. The average molecular weight is 247 g/mol. The first-order valence-corrected chi connectivity index (χ1v) is 5.36. The molecule has 84 valence electrons. The van der Waals surface area contributed by atoms with Gasteiger partial charge >= 0.3 is 0 Å². The predicted octanol–water partition coefficient (Wildman–Crippen LogP) is 3.61. The zero-order valence-corrected chi connectivity index (χ0v) is 9.58. The molecule has 0 atom stereocenters. The molecule has 0 aliphatic rings. The van der Waals surface area contributed by atoms with E-state index in [0.29, 0.717) is 21.8 Å². The highest BCUT2D eigenvalue weighted by molar-refractivity contribution is 6.31. The van der Waals surface area contributed by atoms with E-state index in [2.05, 4.69) is 4.98 Å². The van der Waals surface area contributed by atoms with Crippen molar-refractivity contribution in [3.05, 3.63) is 52.9 Å². The van der Waals surface area contributed by atoms with Gasteiger partial charge in [-0.15, -0.1) is 0 Å². The van der Waals surface area contributed by atoms with Crippen LogP contribution in [0.25, 0.3) is 11.3 Å². The van der Waals surface area contributed by atoms with Crippen molar-refractivity contribution in [2.75, 3.05) is 0 Å². The minimum absolute atomic E-state index is 0.212. The maximum Gasteiger partial charge on any atom is 0.123 e. The lowest BCUT2D eigenvalue weighted by Crippen LogP contribution is -1.90. The molecular formula is C13H8ClFN2. The summed E-state index contributed by atoms with van der Waals surface area (Å²) >= 11 is 5.91. The summed E-state index contributed by atoms with van der Waals surface area (Å²) in [5.74, 6) is -0.318. The normalized spacial score (nSPS) is 9.94. The first-order valence-electron chi connectivity index (χ1n) is 4.98.